The van der Waals surface area contributed by atoms with Gasteiger partial charge in [-0.25, -0.2) is 0 Å². The molecule has 0 aliphatic heterocycles. The lowest BCUT2D eigenvalue weighted by Crippen LogP contribution is -2.58. The Morgan fingerprint density at radius 3 is 2.29 bits per heavy atom. The summed E-state index contributed by atoms with van der Waals surface area (Å²) in [7, 11) is 0. The zero-order valence-electron chi connectivity index (χ0n) is 11.0. The maximum absolute atomic E-state index is 11.0. The Hall–Kier alpha value is -0.120. The monoisotopic (exact) mass is 242 g/mol. The summed E-state index contributed by atoms with van der Waals surface area (Å²) in [5.74, 6) is 1.45. The van der Waals surface area contributed by atoms with E-state index in [1.165, 1.54) is 6.42 Å². The van der Waals surface area contributed by atoms with Crippen LogP contribution >= 0.6 is 0 Å². The lowest BCUT2D eigenvalue weighted by atomic mass is 9.55. The first-order valence-electron chi connectivity index (χ1n) is 6.96. The van der Waals surface area contributed by atoms with E-state index >= 15 is 0 Å². The van der Waals surface area contributed by atoms with Gasteiger partial charge in [-0.2, -0.15) is 0 Å². The number of rotatable bonds is 3. The average Bonchev–Trinajstić information content (AvgIpc) is 2.27. The van der Waals surface area contributed by atoms with Crippen LogP contribution in [0.3, 0.4) is 0 Å². The minimum absolute atomic E-state index is 0.118. The van der Waals surface area contributed by atoms with Crippen LogP contribution in [0.4, 0.5) is 0 Å². The van der Waals surface area contributed by atoms with Crippen molar-refractivity contribution in [1.82, 2.24) is 0 Å². The first kappa shape index (κ1) is 13.3. The molecule has 2 aliphatic rings. The van der Waals surface area contributed by atoms with Gasteiger partial charge in [-0.1, -0.05) is 13.8 Å². The van der Waals surface area contributed by atoms with Gasteiger partial charge in [-0.15, -0.1) is 0 Å². The molecule has 3 heteroatoms. The summed E-state index contributed by atoms with van der Waals surface area (Å²) >= 11 is 0. The molecular formula is C14H26O3. The first-order valence-corrected chi connectivity index (χ1v) is 6.96. The predicted octanol–water partition coefficient (Wildman–Crippen LogP) is 1.41. The minimum Gasteiger partial charge on any atom is -0.396 e. The topological polar surface area (TPSA) is 60.7 Å². The van der Waals surface area contributed by atoms with Gasteiger partial charge in [0.05, 0.1) is 18.8 Å². The van der Waals surface area contributed by atoms with Gasteiger partial charge in [-0.05, 0) is 49.4 Å². The molecule has 0 aromatic heterocycles. The molecule has 0 amide bonds. The van der Waals surface area contributed by atoms with Crippen LogP contribution < -0.4 is 0 Å². The number of aliphatic hydroxyl groups is 3. The van der Waals surface area contributed by atoms with E-state index in [1.807, 2.05) is 0 Å². The second-order valence-corrected chi connectivity index (χ2v) is 6.46. The molecule has 100 valence electrons. The molecule has 0 aromatic carbocycles. The Balaban J connectivity index is 2.24. The van der Waals surface area contributed by atoms with Crippen LogP contribution in [0.2, 0.25) is 0 Å². The number of aliphatic hydroxyl groups excluding tert-OH is 2. The highest BCUT2D eigenvalue weighted by molar-refractivity contribution is 5.03. The van der Waals surface area contributed by atoms with Crippen LogP contribution in [0.15, 0.2) is 0 Å². The van der Waals surface area contributed by atoms with E-state index in [2.05, 4.69) is 13.8 Å². The Morgan fingerprint density at radius 1 is 1.06 bits per heavy atom. The molecule has 3 N–H and O–H groups in total. The molecule has 5 atom stereocenters. The van der Waals surface area contributed by atoms with Gasteiger partial charge in [0.2, 0.25) is 0 Å². The van der Waals surface area contributed by atoms with Crippen LogP contribution in [0.1, 0.15) is 39.5 Å². The number of hydrogen-bond donors (Lipinski definition) is 3. The molecule has 2 fully saturated rings. The highest BCUT2D eigenvalue weighted by Gasteiger charge is 2.53. The summed E-state index contributed by atoms with van der Waals surface area (Å²) < 4.78 is 0. The average molecular weight is 242 g/mol. The maximum atomic E-state index is 11.0. The maximum Gasteiger partial charge on any atom is 0.0773 e. The Bertz CT molecular complexity index is 260. The second-order valence-electron chi connectivity index (χ2n) is 6.46. The van der Waals surface area contributed by atoms with Crippen molar-refractivity contribution in [2.75, 3.05) is 13.2 Å². The third kappa shape index (κ3) is 2.13. The highest BCUT2D eigenvalue weighted by atomic mass is 16.3. The molecule has 0 saturated heterocycles. The molecule has 5 unspecified atom stereocenters. The van der Waals surface area contributed by atoms with Crippen LogP contribution in [0.25, 0.3) is 0 Å². The third-order valence-electron chi connectivity index (χ3n) is 5.27. The highest BCUT2D eigenvalue weighted by Crippen LogP contribution is 2.52. The van der Waals surface area contributed by atoms with Gasteiger partial charge < -0.3 is 15.3 Å². The fraction of sp³-hybridized carbons (Fsp3) is 1.00. The SMILES string of the molecule is CC1CC2CC(C)C(O)(C(CO)CO)C(C1)C2. The Labute approximate surface area is 104 Å². The quantitative estimate of drug-likeness (QED) is 0.701. The number of fused-ring (bicyclic) bond motifs is 2. The molecule has 2 aliphatic carbocycles. The lowest BCUT2D eigenvalue weighted by Gasteiger charge is -2.54. The molecule has 0 aromatic rings. The van der Waals surface area contributed by atoms with Crippen LogP contribution in [0, 0.1) is 29.6 Å². The van der Waals surface area contributed by atoms with Crippen molar-refractivity contribution in [2.45, 2.75) is 45.1 Å². The van der Waals surface area contributed by atoms with E-state index < -0.39 is 5.60 Å². The molecule has 2 saturated carbocycles. The summed E-state index contributed by atoms with van der Waals surface area (Å²) in [6.45, 7) is 4.09. The number of hydrogen-bond acceptors (Lipinski definition) is 3. The van der Waals surface area contributed by atoms with Gasteiger partial charge in [0.1, 0.15) is 0 Å². The standard InChI is InChI=1S/C14H26O3/c1-9-3-11-5-10(2)14(17,12(4-9)6-11)13(7-15)8-16/h9-13,15-17H,3-8H2,1-2H3. The minimum atomic E-state index is -0.866. The van der Waals surface area contributed by atoms with Crippen LogP contribution in [0.5, 0.6) is 0 Å². The summed E-state index contributed by atoms with van der Waals surface area (Å²) in [5, 5.41) is 29.8. The lowest BCUT2D eigenvalue weighted by molar-refractivity contribution is -0.177. The second kappa shape index (κ2) is 4.87. The van der Waals surface area contributed by atoms with E-state index in [0.29, 0.717) is 5.92 Å². The van der Waals surface area contributed by atoms with Crippen molar-refractivity contribution < 1.29 is 15.3 Å². The van der Waals surface area contributed by atoms with Gasteiger partial charge in [0, 0.05) is 5.92 Å². The van der Waals surface area contributed by atoms with E-state index in [4.69, 9.17) is 0 Å². The Kier molecular flexibility index (Phi) is 3.81. The first-order chi connectivity index (χ1) is 8.02. The van der Waals surface area contributed by atoms with E-state index in [-0.39, 0.29) is 31.0 Å². The van der Waals surface area contributed by atoms with Crippen LogP contribution in [-0.4, -0.2) is 34.1 Å². The smallest absolute Gasteiger partial charge is 0.0773 e. The fourth-order valence-electron chi connectivity index (χ4n) is 4.49. The molecule has 2 rings (SSSR count). The van der Waals surface area contributed by atoms with Crippen molar-refractivity contribution >= 4 is 0 Å². The molecular weight excluding hydrogens is 216 g/mol. The zero-order valence-corrected chi connectivity index (χ0v) is 11.0. The van der Waals surface area contributed by atoms with Gasteiger partial charge >= 0.3 is 0 Å². The van der Waals surface area contributed by atoms with E-state index in [0.717, 1.165) is 25.2 Å². The van der Waals surface area contributed by atoms with Crippen LogP contribution in [-0.2, 0) is 0 Å². The largest absolute Gasteiger partial charge is 0.396 e. The fourth-order valence-corrected chi connectivity index (χ4v) is 4.49. The molecule has 0 radical (unpaired) electrons. The summed E-state index contributed by atoms with van der Waals surface area (Å²) in [5.41, 5.74) is -0.866. The molecule has 17 heavy (non-hydrogen) atoms. The summed E-state index contributed by atoms with van der Waals surface area (Å²) in [4.78, 5) is 0. The van der Waals surface area contributed by atoms with E-state index in [9.17, 15) is 15.3 Å². The van der Waals surface area contributed by atoms with Crippen molar-refractivity contribution in [3.05, 3.63) is 0 Å². The van der Waals surface area contributed by atoms with Gasteiger partial charge in [0.15, 0.2) is 0 Å². The normalized spacial score (nSPS) is 46.2. The van der Waals surface area contributed by atoms with Gasteiger partial charge in [-0.3, -0.25) is 0 Å². The van der Waals surface area contributed by atoms with Gasteiger partial charge in [0.25, 0.3) is 0 Å². The summed E-state index contributed by atoms with van der Waals surface area (Å²) in [6.07, 6.45) is 4.42. The third-order valence-corrected chi connectivity index (χ3v) is 5.27. The Morgan fingerprint density at radius 2 is 1.71 bits per heavy atom. The predicted molar refractivity (Wildman–Crippen MR) is 66.4 cm³/mol. The van der Waals surface area contributed by atoms with Crippen molar-refractivity contribution in [3.8, 4) is 0 Å². The van der Waals surface area contributed by atoms with Crippen molar-refractivity contribution in [1.29, 1.82) is 0 Å². The molecule has 3 nitrogen and oxygen atoms in total. The summed E-state index contributed by atoms with van der Waals surface area (Å²) in [6, 6.07) is 0. The van der Waals surface area contributed by atoms with Crippen molar-refractivity contribution in [3.63, 3.8) is 0 Å². The molecule has 2 bridgehead atoms. The zero-order chi connectivity index (χ0) is 12.6. The molecule has 0 spiro atoms. The van der Waals surface area contributed by atoms with E-state index in [1.54, 1.807) is 0 Å². The molecule has 0 heterocycles. The van der Waals surface area contributed by atoms with Crippen molar-refractivity contribution in [2.24, 2.45) is 29.6 Å².